The third-order valence-electron chi connectivity index (χ3n) is 1.99. The number of halogens is 2. The Labute approximate surface area is 95.0 Å². The SMILES string of the molecule is CCC(Cl)(Cl)COc1ccc(C)cc1. The van der Waals surface area contributed by atoms with E-state index < -0.39 is 4.33 Å². The van der Waals surface area contributed by atoms with E-state index in [1.54, 1.807) is 0 Å². The molecule has 14 heavy (non-hydrogen) atoms. The number of ether oxygens (including phenoxy) is 1. The minimum absolute atomic E-state index is 0.315. The van der Waals surface area contributed by atoms with E-state index in [0.29, 0.717) is 13.0 Å². The molecule has 0 aliphatic heterocycles. The number of hydrogen-bond acceptors (Lipinski definition) is 1. The molecule has 0 aliphatic carbocycles. The van der Waals surface area contributed by atoms with Crippen molar-refractivity contribution in [1.82, 2.24) is 0 Å². The maximum absolute atomic E-state index is 5.94. The Morgan fingerprint density at radius 3 is 2.29 bits per heavy atom. The van der Waals surface area contributed by atoms with E-state index in [0.717, 1.165) is 5.75 Å². The molecule has 78 valence electrons. The van der Waals surface area contributed by atoms with Crippen LogP contribution in [0.25, 0.3) is 0 Å². The van der Waals surface area contributed by atoms with Gasteiger partial charge in [0.2, 0.25) is 0 Å². The first-order chi connectivity index (χ1) is 6.53. The standard InChI is InChI=1S/C11H14Cl2O/c1-3-11(12,13)8-14-10-6-4-9(2)5-7-10/h4-7H,3,8H2,1-2H3. The van der Waals surface area contributed by atoms with Crippen LogP contribution in [-0.2, 0) is 0 Å². The summed E-state index contributed by atoms with van der Waals surface area (Å²) >= 11 is 11.9. The van der Waals surface area contributed by atoms with E-state index >= 15 is 0 Å². The fourth-order valence-electron chi connectivity index (χ4n) is 0.925. The van der Waals surface area contributed by atoms with Crippen LogP contribution in [0.15, 0.2) is 24.3 Å². The summed E-state index contributed by atoms with van der Waals surface area (Å²) in [6, 6.07) is 7.81. The van der Waals surface area contributed by atoms with Crippen LogP contribution >= 0.6 is 23.2 Å². The molecule has 3 heteroatoms. The molecule has 0 saturated carbocycles. The van der Waals surface area contributed by atoms with Gasteiger partial charge in [-0.2, -0.15) is 0 Å². The van der Waals surface area contributed by atoms with Gasteiger partial charge in [0.15, 0.2) is 4.33 Å². The fourth-order valence-corrected chi connectivity index (χ4v) is 1.03. The third-order valence-corrected chi connectivity index (χ3v) is 2.74. The largest absolute Gasteiger partial charge is 0.490 e. The van der Waals surface area contributed by atoms with Gasteiger partial charge in [-0.15, -0.1) is 0 Å². The number of aryl methyl sites for hydroxylation is 1. The van der Waals surface area contributed by atoms with Crippen LogP contribution in [0.4, 0.5) is 0 Å². The van der Waals surface area contributed by atoms with Crippen molar-refractivity contribution in [2.24, 2.45) is 0 Å². The van der Waals surface area contributed by atoms with Gasteiger partial charge in [0.25, 0.3) is 0 Å². The maximum Gasteiger partial charge on any atom is 0.151 e. The van der Waals surface area contributed by atoms with E-state index in [2.05, 4.69) is 0 Å². The lowest BCUT2D eigenvalue weighted by atomic mass is 10.2. The summed E-state index contributed by atoms with van der Waals surface area (Å²) in [6.07, 6.45) is 0.669. The second kappa shape index (κ2) is 4.90. The minimum atomic E-state index is -0.787. The zero-order chi connectivity index (χ0) is 10.6. The van der Waals surface area contributed by atoms with Gasteiger partial charge in [-0.25, -0.2) is 0 Å². The lowest BCUT2D eigenvalue weighted by molar-refractivity contribution is 0.299. The van der Waals surface area contributed by atoms with Crippen LogP contribution in [0.2, 0.25) is 0 Å². The van der Waals surface area contributed by atoms with Crippen LogP contribution in [0.1, 0.15) is 18.9 Å². The molecule has 0 N–H and O–H groups in total. The molecule has 0 unspecified atom stereocenters. The van der Waals surface area contributed by atoms with E-state index in [9.17, 15) is 0 Å². The molecule has 1 aromatic carbocycles. The van der Waals surface area contributed by atoms with Crippen molar-refractivity contribution >= 4 is 23.2 Å². The van der Waals surface area contributed by atoms with Crippen LogP contribution in [0, 0.1) is 6.92 Å². The smallest absolute Gasteiger partial charge is 0.151 e. The van der Waals surface area contributed by atoms with Crippen LogP contribution in [0.5, 0.6) is 5.75 Å². The Kier molecular flexibility index (Phi) is 4.09. The van der Waals surface area contributed by atoms with E-state index in [4.69, 9.17) is 27.9 Å². The fraction of sp³-hybridized carbons (Fsp3) is 0.455. The molecule has 1 nitrogen and oxygen atoms in total. The van der Waals surface area contributed by atoms with Gasteiger partial charge < -0.3 is 4.74 Å². The highest BCUT2D eigenvalue weighted by atomic mass is 35.5. The number of hydrogen-bond donors (Lipinski definition) is 0. The van der Waals surface area contributed by atoms with Crippen LogP contribution < -0.4 is 4.74 Å². The third kappa shape index (κ3) is 3.77. The predicted molar refractivity (Wildman–Crippen MR) is 61.4 cm³/mol. The first-order valence-corrected chi connectivity index (χ1v) is 5.36. The molecule has 1 rings (SSSR count). The molecule has 0 heterocycles. The summed E-state index contributed by atoms with van der Waals surface area (Å²) in [6.45, 7) is 4.28. The minimum Gasteiger partial charge on any atom is -0.490 e. The molecule has 0 radical (unpaired) electrons. The van der Waals surface area contributed by atoms with Gasteiger partial charge in [-0.05, 0) is 25.5 Å². The topological polar surface area (TPSA) is 9.23 Å². The first-order valence-electron chi connectivity index (χ1n) is 4.61. The average Bonchev–Trinajstić information content (AvgIpc) is 2.17. The highest BCUT2D eigenvalue weighted by Gasteiger charge is 2.21. The van der Waals surface area contributed by atoms with Gasteiger partial charge in [-0.1, -0.05) is 47.8 Å². The highest BCUT2D eigenvalue weighted by Crippen LogP contribution is 2.26. The van der Waals surface area contributed by atoms with Crippen molar-refractivity contribution in [3.05, 3.63) is 29.8 Å². The van der Waals surface area contributed by atoms with Crippen molar-refractivity contribution < 1.29 is 4.74 Å². The monoisotopic (exact) mass is 232 g/mol. The predicted octanol–water partition coefficient (Wildman–Crippen LogP) is 3.96. The van der Waals surface area contributed by atoms with E-state index in [1.165, 1.54) is 5.56 Å². The second-order valence-electron chi connectivity index (χ2n) is 3.31. The number of benzene rings is 1. The lowest BCUT2D eigenvalue weighted by Gasteiger charge is -2.17. The lowest BCUT2D eigenvalue weighted by Crippen LogP contribution is -2.21. The first kappa shape index (κ1) is 11.7. The summed E-state index contributed by atoms with van der Waals surface area (Å²) in [7, 11) is 0. The summed E-state index contributed by atoms with van der Waals surface area (Å²) < 4.78 is 4.67. The molecule has 0 spiro atoms. The Morgan fingerprint density at radius 1 is 1.21 bits per heavy atom. The Morgan fingerprint density at radius 2 is 1.79 bits per heavy atom. The normalized spacial score (nSPS) is 11.4. The van der Waals surface area contributed by atoms with Crippen molar-refractivity contribution in [2.75, 3.05) is 6.61 Å². The maximum atomic E-state index is 5.94. The van der Waals surface area contributed by atoms with Gasteiger partial charge in [0.1, 0.15) is 12.4 Å². The van der Waals surface area contributed by atoms with Crippen molar-refractivity contribution in [2.45, 2.75) is 24.6 Å². The van der Waals surface area contributed by atoms with Crippen LogP contribution in [0.3, 0.4) is 0 Å². The molecule has 0 aromatic heterocycles. The summed E-state index contributed by atoms with van der Waals surface area (Å²) in [5.41, 5.74) is 1.20. The molecule has 0 bridgehead atoms. The Bertz CT molecular complexity index is 280. The van der Waals surface area contributed by atoms with Crippen molar-refractivity contribution in [3.63, 3.8) is 0 Å². The summed E-state index contributed by atoms with van der Waals surface area (Å²) in [4.78, 5) is 0. The van der Waals surface area contributed by atoms with Crippen molar-refractivity contribution in [3.8, 4) is 5.75 Å². The molecular formula is C11H14Cl2O. The van der Waals surface area contributed by atoms with Gasteiger partial charge >= 0.3 is 0 Å². The summed E-state index contributed by atoms with van der Waals surface area (Å²) in [5.74, 6) is 0.801. The number of alkyl halides is 2. The second-order valence-corrected chi connectivity index (χ2v) is 4.95. The van der Waals surface area contributed by atoms with Gasteiger partial charge in [0, 0.05) is 0 Å². The van der Waals surface area contributed by atoms with Crippen LogP contribution in [-0.4, -0.2) is 10.9 Å². The molecule has 0 atom stereocenters. The zero-order valence-corrected chi connectivity index (χ0v) is 9.90. The molecule has 0 fully saturated rings. The van der Waals surface area contributed by atoms with Crippen molar-refractivity contribution in [1.29, 1.82) is 0 Å². The number of rotatable bonds is 4. The van der Waals surface area contributed by atoms with E-state index in [1.807, 2.05) is 38.1 Å². The molecule has 0 amide bonds. The zero-order valence-electron chi connectivity index (χ0n) is 8.39. The molecule has 0 saturated heterocycles. The summed E-state index contributed by atoms with van der Waals surface area (Å²) in [5, 5.41) is 0. The molecule has 0 aliphatic rings. The van der Waals surface area contributed by atoms with Gasteiger partial charge in [0.05, 0.1) is 0 Å². The Hall–Kier alpha value is -0.400. The van der Waals surface area contributed by atoms with Gasteiger partial charge in [-0.3, -0.25) is 0 Å². The quantitative estimate of drug-likeness (QED) is 0.715. The average molecular weight is 233 g/mol. The van der Waals surface area contributed by atoms with E-state index in [-0.39, 0.29) is 0 Å². The molecular weight excluding hydrogens is 219 g/mol. The Balaban J connectivity index is 2.50. The molecule has 1 aromatic rings. The highest BCUT2D eigenvalue weighted by molar-refractivity contribution is 6.48.